The first-order valence-corrected chi connectivity index (χ1v) is 5.71. The number of rotatable bonds is 7. The van der Waals surface area contributed by atoms with Crippen molar-refractivity contribution in [3.05, 3.63) is 29.8 Å². The van der Waals surface area contributed by atoms with Gasteiger partial charge in [-0.05, 0) is 31.2 Å². The maximum Gasteiger partial charge on any atom is 0.119 e. The predicted octanol–water partition coefficient (Wildman–Crippen LogP) is 2.21. The van der Waals surface area contributed by atoms with Crippen LogP contribution in [0.4, 0.5) is 0 Å². The van der Waals surface area contributed by atoms with Crippen molar-refractivity contribution < 1.29 is 9.47 Å². The summed E-state index contributed by atoms with van der Waals surface area (Å²) >= 11 is 0. The van der Waals surface area contributed by atoms with E-state index in [9.17, 15) is 0 Å². The highest BCUT2D eigenvalue weighted by Gasteiger charge is 2.01. The highest BCUT2D eigenvalue weighted by Crippen LogP contribution is 2.13. The van der Waals surface area contributed by atoms with Crippen molar-refractivity contribution in [2.45, 2.75) is 26.5 Å². The van der Waals surface area contributed by atoms with Gasteiger partial charge in [0, 0.05) is 13.7 Å². The summed E-state index contributed by atoms with van der Waals surface area (Å²) in [4.78, 5) is 0. The Morgan fingerprint density at radius 2 is 2.19 bits per heavy atom. The molecular weight excluding hydrogens is 202 g/mol. The van der Waals surface area contributed by atoms with Crippen LogP contribution in [0, 0.1) is 0 Å². The molecule has 0 aliphatic carbocycles. The van der Waals surface area contributed by atoms with Crippen molar-refractivity contribution in [1.29, 1.82) is 0 Å². The summed E-state index contributed by atoms with van der Waals surface area (Å²) in [7, 11) is 1.69. The molecule has 1 rings (SSSR count). The fourth-order valence-corrected chi connectivity index (χ4v) is 1.30. The Balaban J connectivity index is 2.46. The zero-order valence-electron chi connectivity index (χ0n) is 10.3. The van der Waals surface area contributed by atoms with Gasteiger partial charge in [-0.2, -0.15) is 0 Å². The van der Waals surface area contributed by atoms with Crippen LogP contribution in [0.25, 0.3) is 0 Å². The van der Waals surface area contributed by atoms with Crippen LogP contribution in [-0.4, -0.2) is 26.4 Å². The second kappa shape index (κ2) is 7.25. The Kier molecular flexibility index (Phi) is 5.90. The molecule has 3 heteroatoms. The van der Waals surface area contributed by atoms with Gasteiger partial charge >= 0.3 is 0 Å². The molecule has 90 valence electrons. The summed E-state index contributed by atoms with van der Waals surface area (Å²) in [6, 6.07) is 8.14. The zero-order chi connectivity index (χ0) is 11.8. The Labute approximate surface area is 97.8 Å². The molecule has 0 saturated heterocycles. The summed E-state index contributed by atoms with van der Waals surface area (Å²) in [6.45, 7) is 6.53. The quantitative estimate of drug-likeness (QED) is 0.768. The van der Waals surface area contributed by atoms with Crippen molar-refractivity contribution in [2.75, 3.05) is 20.3 Å². The van der Waals surface area contributed by atoms with E-state index in [0.717, 1.165) is 18.8 Å². The van der Waals surface area contributed by atoms with Crippen LogP contribution < -0.4 is 10.1 Å². The Hall–Kier alpha value is -1.06. The summed E-state index contributed by atoms with van der Waals surface area (Å²) in [5, 5.41) is 3.29. The molecule has 1 unspecified atom stereocenters. The fraction of sp³-hybridized carbons (Fsp3) is 0.538. The minimum Gasteiger partial charge on any atom is -0.491 e. The van der Waals surface area contributed by atoms with E-state index < -0.39 is 0 Å². The van der Waals surface area contributed by atoms with Gasteiger partial charge in [0.05, 0.1) is 6.10 Å². The van der Waals surface area contributed by atoms with Crippen molar-refractivity contribution in [3.63, 3.8) is 0 Å². The second-order valence-corrected chi connectivity index (χ2v) is 3.79. The monoisotopic (exact) mass is 223 g/mol. The van der Waals surface area contributed by atoms with Crippen LogP contribution in [0.3, 0.4) is 0 Å². The topological polar surface area (TPSA) is 30.5 Å². The Bertz CT molecular complexity index is 302. The van der Waals surface area contributed by atoms with Crippen LogP contribution in [-0.2, 0) is 11.3 Å². The van der Waals surface area contributed by atoms with Gasteiger partial charge in [0.1, 0.15) is 12.4 Å². The summed E-state index contributed by atoms with van der Waals surface area (Å²) in [6.07, 6.45) is 0.123. The molecule has 0 bridgehead atoms. The lowest BCUT2D eigenvalue weighted by molar-refractivity contribution is 0.0716. The van der Waals surface area contributed by atoms with Crippen LogP contribution in [0.15, 0.2) is 24.3 Å². The van der Waals surface area contributed by atoms with E-state index in [4.69, 9.17) is 9.47 Å². The SMILES string of the molecule is CCNCc1cccc(OCC(C)OC)c1. The Morgan fingerprint density at radius 1 is 1.38 bits per heavy atom. The fourth-order valence-electron chi connectivity index (χ4n) is 1.30. The van der Waals surface area contributed by atoms with Gasteiger partial charge in [-0.1, -0.05) is 19.1 Å². The third-order valence-corrected chi connectivity index (χ3v) is 2.36. The first kappa shape index (κ1) is 13.0. The van der Waals surface area contributed by atoms with Crippen LogP contribution in [0.2, 0.25) is 0 Å². The van der Waals surface area contributed by atoms with Gasteiger partial charge in [-0.15, -0.1) is 0 Å². The number of methoxy groups -OCH3 is 1. The highest BCUT2D eigenvalue weighted by molar-refractivity contribution is 5.28. The highest BCUT2D eigenvalue weighted by atomic mass is 16.5. The van der Waals surface area contributed by atoms with E-state index in [0.29, 0.717) is 6.61 Å². The zero-order valence-corrected chi connectivity index (χ0v) is 10.3. The summed E-state index contributed by atoms with van der Waals surface area (Å²) in [5.41, 5.74) is 1.24. The molecule has 0 fully saturated rings. The van der Waals surface area contributed by atoms with Gasteiger partial charge in [0.2, 0.25) is 0 Å². The molecule has 0 aliphatic heterocycles. The Morgan fingerprint density at radius 3 is 2.88 bits per heavy atom. The summed E-state index contributed by atoms with van der Waals surface area (Å²) < 4.78 is 10.8. The largest absolute Gasteiger partial charge is 0.491 e. The number of hydrogen-bond donors (Lipinski definition) is 1. The number of hydrogen-bond acceptors (Lipinski definition) is 3. The molecule has 0 aromatic heterocycles. The molecule has 1 atom stereocenters. The van der Waals surface area contributed by atoms with Gasteiger partial charge in [-0.3, -0.25) is 0 Å². The lowest BCUT2D eigenvalue weighted by Gasteiger charge is -2.12. The maximum absolute atomic E-state index is 5.63. The van der Waals surface area contributed by atoms with Crippen LogP contribution in [0.5, 0.6) is 5.75 Å². The average Bonchev–Trinajstić information content (AvgIpc) is 2.34. The molecule has 3 nitrogen and oxygen atoms in total. The molecule has 0 amide bonds. The molecule has 16 heavy (non-hydrogen) atoms. The standard InChI is InChI=1S/C13H21NO2/c1-4-14-9-12-6-5-7-13(8-12)16-10-11(2)15-3/h5-8,11,14H,4,9-10H2,1-3H3. The molecule has 0 spiro atoms. The minimum atomic E-state index is 0.123. The molecule has 0 heterocycles. The number of benzene rings is 1. The molecule has 0 radical (unpaired) electrons. The maximum atomic E-state index is 5.63. The lowest BCUT2D eigenvalue weighted by atomic mass is 10.2. The van der Waals surface area contributed by atoms with Gasteiger partial charge < -0.3 is 14.8 Å². The smallest absolute Gasteiger partial charge is 0.119 e. The average molecular weight is 223 g/mol. The number of ether oxygens (including phenoxy) is 2. The first-order valence-electron chi connectivity index (χ1n) is 5.71. The lowest BCUT2D eigenvalue weighted by Crippen LogP contribution is -2.16. The predicted molar refractivity (Wildman–Crippen MR) is 65.8 cm³/mol. The third kappa shape index (κ3) is 4.64. The van der Waals surface area contributed by atoms with E-state index >= 15 is 0 Å². The van der Waals surface area contributed by atoms with E-state index in [2.05, 4.69) is 24.4 Å². The number of nitrogens with one attached hydrogen (secondary N) is 1. The van der Waals surface area contributed by atoms with E-state index in [1.807, 2.05) is 19.1 Å². The molecule has 1 aromatic carbocycles. The molecule has 0 saturated carbocycles. The van der Waals surface area contributed by atoms with Crippen LogP contribution in [0.1, 0.15) is 19.4 Å². The van der Waals surface area contributed by atoms with Gasteiger partial charge in [-0.25, -0.2) is 0 Å². The van der Waals surface area contributed by atoms with Crippen LogP contribution >= 0.6 is 0 Å². The van der Waals surface area contributed by atoms with E-state index in [1.54, 1.807) is 7.11 Å². The molecular formula is C13H21NO2. The molecule has 1 N–H and O–H groups in total. The second-order valence-electron chi connectivity index (χ2n) is 3.79. The normalized spacial score (nSPS) is 12.4. The molecule has 0 aliphatic rings. The summed E-state index contributed by atoms with van der Waals surface area (Å²) in [5.74, 6) is 0.902. The van der Waals surface area contributed by atoms with Crippen molar-refractivity contribution in [1.82, 2.24) is 5.32 Å². The van der Waals surface area contributed by atoms with Crippen molar-refractivity contribution >= 4 is 0 Å². The van der Waals surface area contributed by atoms with E-state index in [1.165, 1.54) is 5.56 Å². The first-order chi connectivity index (χ1) is 7.76. The van der Waals surface area contributed by atoms with Gasteiger partial charge in [0.25, 0.3) is 0 Å². The van der Waals surface area contributed by atoms with Crippen molar-refractivity contribution in [3.8, 4) is 5.75 Å². The molecule has 1 aromatic rings. The van der Waals surface area contributed by atoms with Crippen molar-refractivity contribution in [2.24, 2.45) is 0 Å². The minimum absolute atomic E-state index is 0.123. The van der Waals surface area contributed by atoms with Gasteiger partial charge in [0.15, 0.2) is 0 Å². The van der Waals surface area contributed by atoms with E-state index in [-0.39, 0.29) is 6.10 Å². The third-order valence-electron chi connectivity index (χ3n) is 2.36.